The number of allylic oxidation sites excluding steroid dienone is 4. The smallest absolute Gasteiger partial charge is 0.164 e. The highest BCUT2D eigenvalue weighted by atomic mass is 16.3. The number of furan rings is 1. The number of nitrogens with zero attached hydrogens (tertiary/aromatic N) is 5. The summed E-state index contributed by atoms with van der Waals surface area (Å²) in [6.45, 7) is 2.41. The predicted molar refractivity (Wildman–Crippen MR) is 286 cm³/mol. The number of fused-ring (bicyclic) bond motifs is 9. The summed E-state index contributed by atoms with van der Waals surface area (Å²) in [7, 11) is 0. The van der Waals surface area contributed by atoms with Gasteiger partial charge in [-0.2, -0.15) is 0 Å². The minimum absolute atomic E-state index is 0.201. The van der Waals surface area contributed by atoms with Crippen molar-refractivity contribution in [3.05, 3.63) is 247 Å². The molecule has 2 atom stereocenters. The summed E-state index contributed by atoms with van der Waals surface area (Å²) in [4.78, 5) is 17.8. The molecule has 12 aromatic rings. The average Bonchev–Trinajstić information content (AvgIpc) is 4.09. The monoisotopic (exact) mass is 897 g/mol. The van der Waals surface area contributed by atoms with E-state index in [1.807, 2.05) is 72.8 Å². The molecule has 6 heteroatoms. The van der Waals surface area contributed by atoms with Crippen molar-refractivity contribution in [1.82, 2.24) is 19.5 Å². The van der Waals surface area contributed by atoms with E-state index in [1.54, 1.807) is 0 Å². The molecular formula is C64H43N5O. The topological polar surface area (TPSA) is 60.0 Å². The highest BCUT2D eigenvalue weighted by Gasteiger charge is 2.41. The van der Waals surface area contributed by atoms with Crippen LogP contribution in [0.25, 0.3) is 100 Å². The minimum atomic E-state index is 0.201. The number of hydrogen-bond donors (Lipinski definition) is 0. The van der Waals surface area contributed by atoms with Crippen LogP contribution in [0, 0.1) is 5.92 Å². The number of rotatable bonds is 7. The van der Waals surface area contributed by atoms with Crippen LogP contribution in [0.2, 0.25) is 0 Å². The van der Waals surface area contributed by atoms with E-state index in [9.17, 15) is 0 Å². The fraction of sp³-hybridized carbons (Fsp3) is 0.0469. The molecule has 0 fully saturated rings. The first kappa shape index (κ1) is 40.0. The normalized spacial score (nSPS) is 15.4. The fourth-order valence-electron chi connectivity index (χ4n) is 11.3. The summed E-state index contributed by atoms with van der Waals surface area (Å²) < 4.78 is 9.33. The third kappa shape index (κ3) is 6.23. The molecular weight excluding hydrogens is 855 g/mol. The average molecular weight is 898 g/mol. The lowest BCUT2D eigenvalue weighted by Crippen LogP contribution is -2.20. The van der Waals surface area contributed by atoms with Crippen molar-refractivity contribution < 1.29 is 4.42 Å². The molecule has 1 aliphatic heterocycles. The van der Waals surface area contributed by atoms with E-state index in [2.05, 4.69) is 174 Å². The van der Waals surface area contributed by atoms with Crippen molar-refractivity contribution in [2.75, 3.05) is 4.90 Å². The van der Waals surface area contributed by atoms with Gasteiger partial charge in [0.05, 0.1) is 16.7 Å². The van der Waals surface area contributed by atoms with Crippen LogP contribution in [0.4, 0.5) is 11.4 Å². The van der Waals surface area contributed by atoms with Gasteiger partial charge in [0.2, 0.25) is 0 Å². The Bertz CT molecular complexity index is 4020. The number of anilines is 2. The van der Waals surface area contributed by atoms with Gasteiger partial charge >= 0.3 is 0 Å². The molecule has 0 saturated carbocycles. The first-order valence-corrected chi connectivity index (χ1v) is 24.0. The number of hydrogen-bond acceptors (Lipinski definition) is 5. The third-order valence-corrected chi connectivity index (χ3v) is 14.4. The Morgan fingerprint density at radius 3 is 1.77 bits per heavy atom. The lowest BCUT2D eigenvalue weighted by molar-refractivity contribution is 0.636. The first-order valence-electron chi connectivity index (χ1n) is 24.0. The molecule has 6 nitrogen and oxygen atoms in total. The van der Waals surface area contributed by atoms with Gasteiger partial charge in [-0.25, -0.2) is 15.0 Å². The summed E-state index contributed by atoms with van der Waals surface area (Å²) >= 11 is 0. The van der Waals surface area contributed by atoms with Crippen LogP contribution in [0.1, 0.15) is 24.0 Å². The predicted octanol–water partition coefficient (Wildman–Crippen LogP) is 16.4. The van der Waals surface area contributed by atoms with Crippen LogP contribution < -0.4 is 4.90 Å². The second-order valence-electron chi connectivity index (χ2n) is 18.3. The molecule has 2 aliphatic rings. The van der Waals surface area contributed by atoms with E-state index in [0.717, 1.165) is 66.5 Å². The lowest BCUT2D eigenvalue weighted by atomic mass is 9.76. The summed E-state index contributed by atoms with van der Waals surface area (Å²) in [6.07, 6.45) is 4.75. The molecule has 9 aromatic carbocycles. The maximum absolute atomic E-state index is 6.86. The van der Waals surface area contributed by atoms with Crippen LogP contribution in [-0.4, -0.2) is 19.5 Å². The summed E-state index contributed by atoms with van der Waals surface area (Å²) in [5, 5.41) is 4.38. The van der Waals surface area contributed by atoms with Gasteiger partial charge in [-0.3, -0.25) is 0 Å². The van der Waals surface area contributed by atoms with Gasteiger partial charge in [0.25, 0.3) is 0 Å². The SMILES string of the molecule is CC1C(c2cccc3c2c2ccccc2n3-c2cc3c(cc2-c2ccccc2)oc2cccc(-c4nc(-c5ccccc5)nc(-c5ccccc5)n4)c23)=CC=C2C1c1ccccc1N2c1ccccc1. The van der Waals surface area contributed by atoms with Crippen LogP contribution >= 0.6 is 0 Å². The quantitative estimate of drug-likeness (QED) is 0.159. The van der Waals surface area contributed by atoms with Gasteiger partial charge in [0, 0.05) is 66.8 Å². The second-order valence-corrected chi connectivity index (χ2v) is 18.3. The number of para-hydroxylation sites is 3. The van der Waals surface area contributed by atoms with Crippen LogP contribution in [0.5, 0.6) is 0 Å². The van der Waals surface area contributed by atoms with Crippen molar-refractivity contribution in [3.63, 3.8) is 0 Å². The Morgan fingerprint density at radius 2 is 1.03 bits per heavy atom. The van der Waals surface area contributed by atoms with E-state index in [0.29, 0.717) is 17.5 Å². The Kier molecular flexibility index (Phi) is 9.14. The number of aromatic nitrogens is 4. The third-order valence-electron chi connectivity index (χ3n) is 14.4. The highest BCUT2D eigenvalue weighted by molar-refractivity contribution is 6.17. The molecule has 0 radical (unpaired) electrons. The zero-order chi connectivity index (χ0) is 46.3. The largest absolute Gasteiger partial charge is 0.456 e. The van der Waals surface area contributed by atoms with Crippen molar-refractivity contribution in [2.24, 2.45) is 5.92 Å². The molecule has 1 aliphatic carbocycles. The van der Waals surface area contributed by atoms with Gasteiger partial charge in [-0.1, -0.05) is 183 Å². The van der Waals surface area contributed by atoms with E-state index in [1.165, 1.54) is 44.5 Å². The first-order chi connectivity index (χ1) is 34.7. The summed E-state index contributed by atoms with van der Waals surface area (Å²) in [6, 6.07) is 77.1. The molecule has 0 N–H and O–H groups in total. The van der Waals surface area contributed by atoms with Crippen molar-refractivity contribution in [2.45, 2.75) is 12.8 Å². The molecule has 0 amide bonds. The van der Waals surface area contributed by atoms with E-state index < -0.39 is 0 Å². The van der Waals surface area contributed by atoms with Gasteiger partial charge < -0.3 is 13.9 Å². The summed E-state index contributed by atoms with van der Waals surface area (Å²) in [5.74, 6) is 2.21. The molecule has 4 heterocycles. The Morgan fingerprint density at radius 1 is 0.429 bits per heavy atom. The van der Waals surface area contributed by atoms with Gasteiger partial charge in [-0.15, -0.1) is 0 Å². The standard InChI is InChI=1S/C64H43N5O/c1-40-45(36-37-55-59(40)47-28-14-16-32-52(47)68(55)44-26-12-5-13-27-44)46-30-18-34-54-60(46)48-29-15-17-33-53(48)69(54)56-38-51-58(39-50(56)41-20-6-2-7-21-41)70-57-35-19-31-49(61(51)57)64-66-62(42-22-8-3-9-23-42)65-63(67-64)43-24-10-4-11-25-43/h2-40,59H,1H3. The van der Waals surface area contributed by atoms with Gasteiger partial charge in [0.15, 0.2) is 17.5 Å². The van der Waals surface area contributed by atoms with Crippen molar-refractivity contribution >= 4 is 60.7 Å². The molecule has 70 heavy (non-hydrogen) atoms. The summed E-state index contributed by atoms with van der Waals surface area (Å²) in [5.41, 5.74) is 17.5. The Balaban J connectivity index is 0.998. The minimum Gasteiger partial charge on any atom is -0.456 e. The van der Waals surface area contributed by atoms with Crippen LogP contribution in [-0.2, 0) is 0 Å². The molecule has 0 spiro atoms. The van der Waals surface area contributed by atoms with E-state index >= 15 is 0 Å². The van der Waals surface area contributed by atoms with Crippen LogP contribution in [0.3, 0.4) is 0 Å². The highest BCUT2D eigenvalue weighted by Crippen LogP contribution is 2.56. The molecule has 0 saturated heterocycles. The Hall–Kier alpha value is -9.13. The van der Waals surface area contributed by atoms with Crippen molar-refractivity contribution in [3.8, 4) is 51.0 Å². The molecule has 3 aromatic heterocycles. The zero-order valence-corrected chi connectivity index (χ0v) is 38.2. The zero-order valence-electron chi connectivity index (χ0n) is 38.2. The van der Waals surface area contributed by atoms with Gasteiger partial charge in [0.1, 0.15) is 11.2 Å². The molecule has 0 bridgehead atoms. The maximum atomic E-state index is 6.86. The van der Waals surface area contributed by atoms with Crippen molar-refractivity contribution in [1.29, 1.82) is 0 Å². The maximum Gasteiger partial charge on any atom is 0.164 e. The van der Waals surface area contributed by atoms with Crippen LogP contribution in [0.15, 0.2) is 241 Å². The molecule has 330 valence electrons. The second kappa shape index (κ2) is 16.0. The van der Waals surface area contributed by atoms with E-state index in [4.69, 9.17) is 19.4 Å². The molecule has 14 rings (SSSR count). The Labute approximate surface area is 404 Å². The number of benzene rings is 9. The molecule has 2 unspecified atom stereocenters. The fourth-order valence-corrected chi connectivity index (χ4v) is 11.3. The lowest BCUT2D eigenvalue weighted by Gasteiger charge is -2.31. The van der Waals surface area contributed by atoms with E-state index in [-0.39, 0.29) is 11.8 Å². The van der Waals surface area contributed by atoms with Gasteiger partial charge in [-0.05, 0) is 82.8 Å².